The van der Waals surface area contributed by atoms with E-state index >= 15 is 0 Å². The first-order valence-corrected chi connectivity index (χ1v) is 7.19. The zero-order valence-electron chi connectivity index (χ0n) is 12.4. The van der Waals surface area contributed by atoms with Gasteiger partial charge < -0.3 is 4.52 Å². The van der Waals surface area contributed by atoms with E-state index in [2.05, 4.69) is 20.7 Å². The molecule has 0 aliphatic carbocycles. The number of aryl methyl sites for hydroxylation is 1. The molecule has 4 rings (SSSR count). The highest BCUT2D eigenvalue weighted by Crippen LogP contribution is 2.31. The average molecular weight is 303 g/mol. The normalized spacial score (nSPS) is 10.8. The van der Waals surface area contributed by atoms with Gasteiger partial charge in [0, 0.05) is 5.56 Å². The Bertz CT molecular complexity index is 925. The highest BCUT2D eigenvalue weighted by molar-refractivity contribution is 5.75. The topological polar surface area (TPSA) is 69.6 Å². The molecule has 0 N–H and O–H groups in total. The molecule has 0 atom stereocenters. The molecular formula is C17H13N5O. The molecule has 0 aliphatic heterocycles. The summed E-state index contributed by atoms with van der Waals surface area (Å²) in [6.45, 7) is 2.04. The summed E-state index contributed by atoms with van der Waals surface area (Å²) in [5, 5.41) is 16.0. The number of rotatable bonds is 3. The van der Waals surface area contributed by atoms with Crippen molar-refractivity contribution in [3.05, 3.63) is 66.4 Å². The van der Waals surface area contributed by atoms with Crippen molar-refractivity contribution in [3.63, 3.8) is 0 Å². The zero-order valence-corrected chi connectivity index (χ0v) is 12.4. The van der Waals surface area contributed by atoms with Gasteiger partial charge in [-0.2, -0.15) is 4.68 Å². The molecule has 2 heterocycles. The quantitative estimate of drug-likeness (QED) is 0.581. The molecule has 0 aliphatic rings. The van der Waals surface area contributed by atoms with Gasteiger partial charge in [-0.25, -0.2) is 0 Å². The molecule has 112 valence electrons. The Morgan fingerprint density at radius 2 is 1.74 bits per heavy atom. The van der Waals surface area contributed by atoms with Crippen LogP contribution in [0.5, 0.6) is 0 Å². The summed E-state index contributed by atoms with van der Waals surface area (Å²) in [5.74, 6) is 1.24. The standard InChI is InChI=1S/C17H13N5O/c1-12-7-9-14(10-8-12)22-17(19-20-21-22)15-11-18-23-16(15)13-5-3-2-4-6-13/h2-11H,1H3. The van der Waals surface area contributed by atoms with Gasteiger partial charge in [-0.1, -0.05) is 53.2 Å². The molecule has 0 spiro atoms. The minimum Gasteiger partial charge on any atom is -0.356 e. The third-order valence-corrected chi connectivity index (χ3v) is 3.60. The highest BCUT2D eigenvalue weighted by Gasteiger charge is 2.19. The van der Waals surface area contributed by atoms with Gasteiger partial charge in [0.25, 0.3) is 0 Å². The van der Waals surface area contributed by atoms with Gasteiger partial charge in [-0.3, -0.25) is 0 Å². The summed E-state index contributed by atoms with van der Waals surface area (Å²) in [7, 11) is 0. The molecular weight excluding hydrogens is 290 g/mol. The molecule has 0 radical (unpaired) electrons. The molecule has 0 unspecified atom stereocenters. The van der Waals surface area contributed by atoms with E-state index in [1.165, 1.54) is 5.56 Å². The Labute approximate surface area is 132 Å². The second kappa shape index (κ2) is 5.49. The van der Waals surface area contributed by atoms with E-state index < -0.39 is 0 Å². The predicted molar refractivity (Wildman–Crippen MR) is 84.8 cm³/mol. The van der Waals surface area contributed by atoms with Crippen LogP contribution in [-0.4, -0.2) is 25.4 Å². The van der Waals surface area contributed by atoms with Gasteiger partial charge in [0.15, 0.2) is 11.6 Å². The zero-order chi connectivity index (χ0) is 15.6. The molecule has 6 heteroatoms. The first kappa shape index (κ1) is 13.4. The van der Waals surface area contributed by atoms with Crippen LogP contribution in [0.4, 0.5) is 0 Å². The maximum Gasteiger partial charge on any atom is 0.192 e. The van der Waals surface area contributed by atoms with Crippen LogP contribution in [0.1, 0.15) is 5.56 Å². The first-order chi connectivity index (χ1) is 11.3. The van der Waals surface area contributed by atoms with Gasteiger partial charge in [0.05, 0.1) is 17.4 Å². The van der Waals surface area contributed by atoms with Gasteiger partial charge in [-0.15, -0.1) is 5.10 Å². The number of nitrogens with zero attached hydrogens (tertiary/aromatic N) is 5. The first-order valence-electron chi connectivity index (χ1n) is 7.19. The van der Waals surface area contributed by atoms with E-state index in [-0.39, 0.29) is 0 Å². The van der Waals surface area contributed by atoms with E-state index in [0.717, 1.165) is 16.8 Å². The van der Waals surface area contributed by atoms with Crippen LogP contribution in [0, 0.1) is 6.92 Å². The third kappa shape index (κ3) is 2.40. The second-order valence-electron chi connectivity index (χ2n) is 5.18. The molecule has 0 bridgehead atoms. The van der Waals surface area contributed by atoms with Crippen LogP contribution in [0.3, 0.4) is 0 Å². The van der Waals surface area contributed by atoms with Crippen molar-refractivity contribution in [1.29, 1.82) is 0 Å². The highest BCUT2D eigenvalue weighted by atomic mass is 16.5. The minimum atomic E-state index is 0.592. The average Bonchev–Trinajstić information content (AvgIpc) is 3.25. The van der Waals surface area contributed by atoms with E-state index in [4.69, 9.17) is 4.52 Å². The monoisotopic (exact) mass is 303 g/mol. The van der Waals surface area contributed by atoms with Crippen molar-refractivity contribution in [2.45, 2.75) is 6.92 Å². The van der Waals surface area contributed by atoms with Gasteiger partial charge in [0.2, 0.25) is 0 Å². The molecule has 2 aromatic heterocycles. The molecule has 23 heavy (non-hydrogen) atoms. The fourth-order valence-electron chi connectivity index (χ4n) is 2.41. The van der Waals surface area contributed by atoms with E-state index in [9.17, 15) is 0 Å². The third-order valence-electron chi connectivity index (χ3n) is 3.60. The largest absolute Gasteiger partial charge is 0.356 e. The van der Waals surface area contributed by atoms with Gasteiger partial charge in [-0.05, 0) is 29.5 Å². The summed E-state index contributed by atoms with van der Waals surface area (Å²) in [4.78, 5) is 0. The molecule has 6 nitrogen and oxygen atoms in total. The van der Waals surface area contributed by atoms with Crippen LogP contribution in [0.2, 0.25) is 0 Å². The number of hydrogen-bond acceptors (Lipinski definition) is 5. The summed E-state index contributed by atoms with van der Waals surface area (Å²) < 4.78 is 7.10. The lowest BCUT2D eigenvalue weighted by Crippen LogP contribution is -1.99. The lowest BCUT2D eigenvalue weighted by molar-refractivity contribution is 0.432. The lowest BCUT2D eigenvalue weighted by Gasteiger charge is -2.04. The summed E-state index contributed by atoms with van der Waals surface area (Å²) in [6.07, 6.45) is 1.64. The van der Waals surface area contributed by atoms with Crippen molar-refractivity contribution in [2.24, 2.45) is 0 Å². The number of aromatic nitrogens is 5. The summed E-state index contributed by atoms with van der Waals surface area (Å²) >= 11 is 0. The molecule has 0 amide bonds. The lowest BCUT2D eigenvalue weighted by atomic mass is 10.1. The Kier molecular flexibility index (Phi) is 3.20. The van der Waals surface area contributed by atoms with Gasteiger partial charge >= 0.3 is 0 Å². The second-order valence-corrected chi connectivity index (χ2v) is 5.18. The maximum atomic E-state index is 5.43. The Morgan fingerprint density at radius 3 is 2.52 bits per heavy atom. The maximum absolute atomic E-state index is 5.43. The minimum absolute atomic E-state index is 0.592. The fourth-order valence-corrected chi connectivity index (χ4v) is 2.41. The van der Waals surface area contributed by atoms with Crippen molar-refractivity contribution in [2.75, 3.05) is 0 Å². The summed E-state index contributed by atoms with van der Waals surface area (Å²) in [5.41, 5.74) is 3.74. The Morgan fingerprint density at radius 1 is 0.957 bits per heavy atom. The SMILES string of the molecule is Cc1ccc(-n2nnnc2-c2cnoc2-c2ccccc2)cc1. The summed E-state index contributed by atoms with van der Waals surface area (Å²) in [6, 6.07) is 17.8. The molecule has 0 saturated carbocycles. The Hall–Kier alpha value is -3.28. The van der Waals surface area contributed by atoms with Crippen molar-refractivity contribution in [3.8, 4) is 28.4 Å². The number of benzene rings is 2. The predicted octanol–water partition coefficient (Wildman–Crippen LogP) is 3.29. The fraction of sp³-hybridized carbons (Fsp3) is 0.0588. The van der Waals surface area contributed by atoms with Crippen molar-refractivity contribution in [1.82, 2.24) is 25.4 Å². The van der Waals surface area contributed by atoms with Crippen LogP contribution >= 0.6 is 0 Å². The molecule has 0 fully saturated rings. The Balaban J connectivity index is 1.84. The molecule has 2 aromatic carbocycles. The van der Waals surface area contributed by atoms with Gasteiger partial charge in [0.1, 0.15) is 0 Å². The molecule has 0 saturated heterocycles. The number of tetrazole rings is 1. The van der Waals surface area contributed by atoms with Crippen molar-refractivity contribution < 1.29 is 4.52 Å². The van der Waals surface area contributed by atoms with Crippen LogP contribution in [0.15, 0.2) is 65.3 Å². The van der Waals surface area contributed by atoms with E-state index in [0.29, 0.717) is 11.6 Å². The number of hydrogen-bond donors (Lipinski definition) is 0. The molecule has 4 aromatic rings. The van der Waals surface area contributed by atoms with Crippen LogP contribution < -0.4 is 0 Å². The van der Waals surface area contributed by atoms with Crippen LogP contribution in [-0.2, 0) is 0 Å². The smallest absolute Gasteiger partial charge is 0.192 e. The van der Waals surface area contributed by atoms with Crippen molar-refractivity contribution >= 4 is 0 Å². The van der Waals surface area contributed by atoms with E-state index in [1.807, 2.05) is 61.5 Å². The van der Waals surface area contributed by atoms with E-state index in [1.54, 1.807) is 10.9 Å². The van der Waals surface area contributed by atoms with Crippen LogP contribution in [0.25, 0.3) is 28.4 Å².